The molecule has 0 unspecified atom stereocenters. The number of carbonyl (C=O) groups excluding carboxylic acids is 1. The highest BCUT2D eigenvalue weighted by atomic mass is 19.1. The molecule has 1 aromatic heterocycles. The van der Waals surface area contributed by atoms with Crippen LogP contribution in [0.4, 0.5) is 8.78 Å². The van der Waals surface area contributed by atoms with Gasteiger partial charge in [-0.3, -0.25) is 9.78 Å². The number of alkyl halides is 1. The number of carbonyl (C=O) groups is 1. The van der Waals surface area contributed by atoms with Crippen molar-refractivity contribution in [2.24, 2.45) is 5.41 Å². The van der Waals surface area contributed by atoms with Crippen molar-refractivity contribution in [2.75, 3.05) is 6.54 Å². The van der Waals surface area contributed by atoms with E-state index < -0.39 is 16.9 Å². The molecule has 5 rings (SSSR count). The lowest BCUT2D eigenvalue weighted by atomic mass is 9.82. The number of ether oxygens (including phenoxy) is 1. The first-order chi connectivity index (χ1) is 11.0. The number of aromatic nitrogens is 1. The quantitative estimate of drug-likeness (QED) is 0.799. The summed E-state index contributed by atoms with van der Waals surface area (Å²) in [7, 11) is 0. The van der Waals surface area contributed by atoms with Crippen molar-refractivity contribution >= 4 is 5.91 Å². The van der Waals surface area contributed by atoms with Gasteiger partial charge < -0.3 is 9.64 Å². The summed E-state index contributed by atoms with van der Waals surface area (Å²) < 4.78 is 34.1. The standard InChI is InChI=1S/C17H18F2N2O2/c18-12-7-20-6-11-13-5-10(23-14(11)12)8-21(13)15(22)16-1-3-17(19,9-16)4-2-16/h6-7,10,13H,1-5,8-9H2/t10-,13-,16?,17?/m0/s1. The van der Waals surface area contributed by atoms with Gasteiger partial charge in [-0.1, -0.05) is 0 Å². The van der Waals surface area contributed by atoms with Crippen LogP contribution >= 0.6 is 0 Å². The fourth-order valence-corrected chi connectivity index (χ4v) is 5.10. The molecule has 2 atom stereocenters. The number of fused-ring (bicyclic) bond motifs is 6. The molecular weight excluding hydrogens is 302 g/mol. The maximum absolute atomic E-state index is 14.5. The molecule has 2 saturated carbocycles. The molecule has 0 N–H and O–H groups in total. The van der Waals surface area contributed by atoms with Gasteiger partial charge in [0.25, 0.3) is 0 Å². The second-order valence-electron chi connectivity index (χ2n) is 7.60. The highest BCUT2D eigenvalue weighted by Crippen LogP contribution is 2.60. The second kappa shape index (κ2) is 4.22. The normalized spacial score (nSPS) is 40.2. The highest BCUT2D eigenvalue weighted by molar-refractivity contribution is 5.85. The summed E-state index contributed by atoms with van der Waals surface area (Å²) in [6.45, 7) is 0.457. The van der Waals surface area contributed by atoms with Gasteiger partial charge in [-0.25, -0.2) is 8.78 Å². The minimum Gasteiger partial charge on any atom is -0.485 e. The molecule has 6 heteroatoms. The average Bonchev–Trinajstić information content (AvgIpc) is 3.18. The molecular formula is C17H18F2N2O2. The summed E-state index contributed by atoms with van der Waals surface area (Å²) in [6.07, 6.45) is 5.81. The number of halogens is 2. The van der Waals surface area contributed by atoms with E-state index in [0.29, 0.717) is 50.6 Å². The number of amides is 1. The van der Waals surface area contributed by atoms with Crippen molar-refractivity contribution in [1.82, 2.24) is 9.88 Å². The Morgan fingerprint density at radius 3 is 2.78 bits per heavy atom. The Hall–Kier alpha value is -1.72. The summed E-state index contributed by atoms with van der Waals surface area (Å²) >= 11 is 0. The van der Waals surface area contributed by atoms with Gasteiger partial charge in [-0.05, 0) is 32.1 Å². The fraction of sp³-hybridized carbons (Fsp3) is 0.647. The molecule has 0 aromatic carbocycles. The summed E-state index contributed by atoms with van der Waals surface area (Å²) in [5.74, 6) is -0.219. The van der Waals surface area contributed by atoms with Crippen molar-refractivity contribution in [3.05, 3.63) is 23.8 Å². The van der Waals surface area contributed by atoms with Crippen LogP contribution < -0.4 is 4.74 Å². The minimum atomic E-state index is -1.15. The molecule has 4 aliphatic rings. The Kier molecular flexibility index (Phi) is 2.51. The summed E-state index contributed by atoms with van der Waals surface area (Å²) in [5.41, 5.74) is -1.05. The van der Waals surface area contributed by atoms with Gasteiger partial charge in [0.1, 0.15) is 11.8 Å². The predicted molar refractivity (Wildman–Crippen MR) is 77.0 cm³/mol. The fourth-order valence-electron chi connectivity index (χ4n) is 5.10. The molecule has 1 aromatic rings. The van der Waals surface area contributed by atoms with Gasteiger partial charge in [0.2, 0.25) is 5.91 Å². The van der Waals surface area contributed by atoms with Gasteiger partial charge >= 0.3 is 0 Å². The summed E-state index contributed by atoms with van der Waals surface area (Å²) in [6, 6.07) is -0.191. The van der Waals surface area contributed by atoms with E-state index in [9.17, 15) is 13.6 Å². The van der Waals surface area contributed by atoms with Gasteiger partial charge in [0, 0.05) is 18.2 Å². The molecule has 0 spiro atoms. The molecule has 2 aliphatic heterocycles. The van der Waals surface area contributed by atoms with Crippen molar-refractivity contribution in [3.63, 3.8) is 0 Å². The smallest absolute Gasteiger partial charge is 0.229 e. The molecule has 122 valence electrons. The predicted octanol–water partition coefficient (Wildman–Crippen LogP) is 2.93. The SMILES string of the molecule is O=C(N1C[C@@H]2C[C@H]1c1cncc(F)c1O2)C12CCC(F)(CC1)C2. The Balaban J connectivity index is 1.50. The van der Waals surface area contributed by atoms with Crippen LogP contribution in [0.2, 0.25) is 0 Å². The number of pyridine rings is 1. The number of likely N-dealkylation sites (tertiary alicyclic amines) is 1. The second-order valence-corrected chi connectivity index (χ2v) is 7.60. The van der Waals surface area contributed by atoms with E-state index in [1.165, 1.54) is 0 Å². The van der Waals surface area contributed by atoms with E-state index in [1.54, 1.807) is 11.1 Å². The molecule has 23 heavy (non-hydrogen) atoms. The van der Waals surface area contributed by atoms with E-state index >= 15 is 0 Å². The number of hydrogen-bond donors (Lipinski definition) is 0. The number of rotatable bonds is 1. The molecule has 4 bridgehead atoms. The van der Waals surface area contributed by atoms with Crippen LogP contribution in [0.5, 0.6) is 5.75 Å². The van der Waals surface area contributed by atoms with Crippen LogP contribution in [-0.2, 0) is 4.79 Å². The minimum absolute atomic E-state index is 0.0303. The van der Waals surface area contributed by atoms with Crippen molar-refractivity contribution < 1.29 is 18.3 Å². The number of hydrogen-bond acceptors (Lipinski definition) is 3. The van der Waals surface area contributed by atoms with Crippen LogP contribution in [0.3, 0.4) is 0 Å². The largest absolute Gasteiger partial charge is 0.485 e. The van der Waals surface area contributed by atoms with Gasteiger partial charge in [0.15, 0.2) is 11.6 Å². The zero-order valence-electron chi connectivity index (χ0n) is 12.7. The van der Waals surface area contributed by atoms with Gasteiger partial charge in [-0.2, -0.15) is 0 Å². The third-order valence-electron chi connectivity index (χ3n) is 6.26. The van der Waals surface area contributed by atoms with Crippen LogP contribution in [-0.4, -0.2) is 34.1 Å². The van der Waals surface area contributed by atoms with Gasteiger partial charge in [-0.15, -0.1) is 0 Å². The summed E-state index contributed by atoms with van der Waals surface area (Å²) in [5, 5.41) is 0. The maximum atomic E-state index is 14.5. The highest BCUT2D eigenvalue weighted by Gasteiger charge is 2.61. The van der Waals surface area contributed by atoms with Crippen molar-refractivity contribution in [2.45, 2.75) is 56.3 Å². The zero-order valence-corrected chi connectivity index (χ0v) is 12.7. The van der Waals surface area contributed by atoms with Crippen molar-refractivity contribution in [3.8, 4) is 5.75 Å². The average molecular weight is 320 g/mol. The van der Waals surface area contributed by atoms with E-state index in [2.05, 4.69) is 4.98 Å². The summed E-state index contributed by atoms with van der Waals surface area (Å²) in [4.78, 5) is 18.9. The lowest BCUT2D eigenvalue weighted by Gasteiger charge is -2.33. The molecule has 1 amide bonds. The van der Waals surface area contributed by atoms with Crippen LogP contribution in [0.1, 0.15) is 50.1 Å². The lowest BCUT2D eigenvalue weighted by Crippen LogP contribution is -2.41. The number of nitrogens with zero attached hydrogens (tertiary/aromatic N) is 2. The van der Waals surface area contributed by atoms with Crippen LogP contribution in [0.25, 0.3) is 0 Å². The Morgan fingerprint density at radius 1 is 1.30 bits per heavy atom. The van der Waals surface area contributed by atoms with E-state index in [4.69, 9.17) is 4.74 Å². The van der Waals surface area contributed by atoms with Crippen molar-refractivity contribution in [1.29, 1.82) is 0 Å². The first-order valence-corrected chi connectivity index (χ1v) is 8.30. The van der Waals surface area contributed by atoms with E-state index in [0.717, 1.165) is 6.20 Å². The topological polar surface area (TPSA) is 42.4 Å². The molecule has 2 aliphatic carbocycles. The monoisotopic (exact) mass is 320 g/mol. The first kappa shape index (κ1) is 13.7. The van der Waals surface area contributed by atoms with E-state index in [-0.39, 0.29) is 23.8 Å². The zero-order chi connectivity index (χ0) is 15.8. The third-order valence-corrected chi connectivity index (χ3v) is 6.26. The Labute approximate surface area is 132 Å². The van der Waals surface area contributed by atoms with Crippen LogP contribution in [0, 0.1) is 11.2 Å². The maximum Gasteiger partial charge on any atom is 0.229 e. The Bertz CT molecular complexity index is 700. The molecule has 0 radical (unpaired) electrons. The molecule has 3 fully saturated rings. The lowest BCUT2D eigenvalue weighted by molar-refractivity contribution is -0.142. The van der Waals surface area contributed by atoms with Crippen LogP contribution in [0.15, 0.2) is 12.4 Å². The van der Waals surface area contributed by atoms with Gasteiger partial charge in [0.05, 0.1) is 24.2 Å². The first-order valence-electron chi connectivity index (χ1n) is 8.30. The van der Waals surface area contributed by atoms with E-state index in [1.807, 2.05) is 0 Å². The molecule has 1 saturated heterocycles. The Morgan fingerprint density at radius 2 is 2.09 bits per heavy atom. The molecule has 4 nitrogen and oxygen atoms in total. The molecule has 3 heterocycles. The third kappa shape index (κ3) is 1.75.